The molecule has 0 saturated carbocycles. The predicted octanol–water partition coefficient (Wildman–Crippen LogP) is 1.71. The third-order valence-corrected chi connectivity index (χ3v) is 2.88. The van der Waals surface area contributed by atoms with E-state index in [1.165, 1.54) is 11.1 Å². The van der Waals surface area contributed by atoms with Gasteiger partial charge in [-0.15, -0.1) is 0 Å². The summed E-state index contributed by atoms with van der Waals surface area (Å²) in [4.78, 5) is 27.4. The zero-order valence-corrected chi connectivity index (χ0v) is 10.3. The molecule has 1 aromatic heterocycles. The molecule has 102 valence electrons. The molecule has 1 aliphatic rings. The molecule has 0 unspecified atom stereocenters. The molecule has 20 heavy (non-hydrogen) atoms. The largest absolute Gasteiger partial charge is 0.476 e. The van der Waals surface area contributed by atoms with Crippen molar-refractivity contribution in [2.45, 2.75) is 6.42 Å². The van der Waals surface area contributed by atoms with E-state index in [4.69, 9.17) is 14.5 Å². The van der Waals surface area contributed by atoms with Gasteiger partial charge in [0.2, 0.25) is 0 Å². The molecule has 0 radical (unpaired) electrons. The molecule has 0 bridgehead atoms. The van der Waals surface area contributed by atoms with Crippen LogP contribution in [0.4, 0.5) is 5.69 Å². The maximum atomic E-state index is 11.5. The molecule has 0 spiro atoms. The van der Waals surface area contributed by atoms with Crippen LogP contribution in [0.3, 0.4) is 0 Å². The number of carboxylic acids is 1. The molecule has 0 atom stereocenters. The van der Waals surface area contributed by atoms with Gasteiger partial charge in [0.1, 0.15) is 0 Å². The van der Waals surface area contributed by atoms with Gasteiger partial charge < -0.3 is 9.63 Å². The van der Waals surface area contributed by atoms with E-state index in [0.29, 0.717) is 30.0 Å². The van der Waals surface area contributed by atoms with Gasteiger partial charge in [-0.2, -0.15) is 5.06 Å². The van der Waals surface area contributed by atoms with Crippen molar-refractivity contribution >= 4 is 17.6 Å². The van der Waals surface area contributed by atoms with Gasteiger partial charge in [-0.05, 0) is 24.3 Å². The summed E-state index contributed by atoms with van der Waals surface area (Å²) in [6, 6.07) is 8.14. The van der Waals surface area contributed by atoms with Gasteiger partial charge in [0.25, 0.3) is 5.91 Å². The molecule has 1 aromatic carbocycles. The highest BCUT2D eigenvalue weighted by atomic mass is 16.7. The van der Waals surface area contributed by atoms with Crippen LogP contribution in [0.25, 0.3) is 11.3 Å². The first kappa shape index (κ1) is 12.4. The fourth-order valence-corrected chi connectivity index (χ4v) is 1.89. The van der Waals surface area contributed by atoms with Gasteiger partial charge in [-0.1, -0.05) is 5.16 Å². The van der Waals surface area contributed by atoms with E-state index in [-0.39, 0.29) is 11.6 Å². The van der Waals surface area contributed by atoms with E-state index in [1.807, 2.05) is 0 Å². The number of aromatic nitrogens is 1. The normalized spacial score (nSPS) is 14.8. The van der Waals surface area contributed by atoms with E-state index in [2.05, 4.69) is 5.16 Å². The number of benzene rings is 1. The summed E-state index contributed by atoms with van der Waals surface area (Å²) < 4.78 is 4.96. The Balaban J connectivity index is 1.85. The molecule has 2 heterocycles. The summed E-state index contributed by atoms with van der Waals surface area (Å²) in [5.74, 6) is -0.888. The summed E-state index contributed by atoms with van der Waals surface area (Å²) in [5, 5.41) is 13.5. The number of carbonyl (C=O) groups excluding carboxylic acids is 1. The molecule has 1 fully saturated rings. The third-order valence-electron chi connectivity index (χ3n) is 2.88. The summed E-state index contributed by atoms with van der Waals surface area (Å²) in [5.41, 5.74) is 1.14. The summed E-state index contributed by atoms with van der Waals surface area (Å²) in [6.45, 7) is 0.380. The number of aromatic carboxylic acids is 1. The van der Waals surface area contributed by atoms with Crippen LogP contribution in [0.5, 0.6) is 0 Å². The summed E-state index contributed by atoms with van der Waals surface area (Å²) >= 11 is 0. The minimum Gasteiger partial charge on any atom is -0.476 e. The van der Waals surface area contributed by atoms with Crippen molar-refractivity contribution in [1.29, 1.82) is 0 Å². The highest BCUT2D eigenvalue weighted by molar-refractivity contribution is 5.93. The highest BCUT2D eigenvalue weighted by Crippen LogP contribution is 2.25. The predicted molar refractivity (Wildman–Crippen MR) is 67.0 cm³/mol. The number of anilines is 1. The first-order valence-electron chi connectivity index (χ1n) is 5.91. The van der Waals surface area contributed by atoms with Crippen LogP contribution in [0.2, 0.25) is 0 Å². The average molecular weight is 274 g/mol. The minimum absolute atomic E-state index is 0.0921. The first-order chi connectivity index (χ1) is 9.65. The lowest BCUT2D eigenvalue weighted by molar-refractivity contribution is -0.119. The summed E-state index contributed by atoms with van der Waals surface area (Å²) in [7, 11) is 0. The Kier molecular flexibility index (Phi) is 2.96. The van der Waals surface area contributed by atoms with Crippen LogP contribution in [-0.4, -0.2) is 28.7 Å². The molecule has 0 aliphatic carbocycles. The second-order valence-electron chi connectivity index (χ2n) is 4.20. The number of carbonyl (C=O) groups is 2. The first-order valence-corrected chi connectivity index (χ1v) is 5.91. The van der Waals surface area contributed by atoms with Gasteiger partial charge >= 0.3 is 5.97 Å². The fraction of sp³-hybridized carbons (Fsp3) is 0.154. The standard InChI is InChI=1S/C13H10N2O5/c16-12-5-6-19-15(12)9-3-1-8(2-4-9)11-7-10(13(17)18)14-20-11/h1-4,7H,5-6H2,(H,17,18). The van der Waals surface area contributed by atoms with Crippen LogP contribution in [0.1, 0.15) is 16.9 Å². The van der Waals surface area contributed by atoms with Crippen LogP contribution in [0, 0.1) is 0 Å². The van der Waals surface area contributed by atoms with Gasteiger partial charge in [0, 0.05) is 11.6 Å². The smallest absolute Gasteiger partial charge is 0.358 e. The van der Waals surface area contributed by atoms with E-state index < -0.39 is 5.97 Å². The Bertz CT molecular complexity index is 662. The van der Waals surface area contributed by atoms with Crippen molar-refractivity contribution in [2.24, 2.45) is 0 Å². The van der Waals surface area contributed by atoms with Crippen molar-refractivity contribution in [2.75, 3.05) is 11.7 Å². The number of hydrogen-bond acceptors (Lipinski definition) is 5. The van der Waals surface area contributed by atoms with Crippen LogP contribution < -0.4 is 5.06 Å². The van der Waals surface area contributed by atoms with Gasteiger partial charge in [-0.3, -0.25) is 9.63 Å². The highest BCUT2D eigenvalue weighted by Gasteiger charge is 2.23. The van der Waals surface area contributed by atoms with Gasteiger partial charge in [-0.25, -0.2) is 4.79 Å². The van der Waals surface area contributed by atoms with Crippen molar-refractivity contribution in [1.82, 2.24) is 5.16 Å². The Hall–Kier alpha value is -2.67. The number of hydroxylamine groups is 1. The molecule has 3 rings (SSSR count). The van der Waals surface area contributed by atoms with E-state index in [0.717, 1.165) is 0 Å². The number of nitrogens with zero attached hydrogens (tertiary/aromatic N) is 2. The van der Waals surface area contributed by atoms with E-state index >= 15 is 0 Å². The maximum Gasteiger partial charge on any atom is 0.358 e. The lowest BCUT2D eigenvalue weighted by Crippen LogP contribution is -2.21. The summed E-state index contributed by atoms with van der Waals surface area (Å²) in [6.07, 6.45) is 0.367. The molecule has 7 heteroatoms. The van der Waals surface area contributed by atoms with Crippen molar-refractivity contribution in [3.05, 3.63) is 36.0 Å². The molecule has 1 aliphatic heterocycles. The fourth-order valence-electron chi connectivity index (χ4n) is 1.89. The van der Waals surface area contributed by atoms with Crippen LogP contribution >= 0.6 is 0 Å². The second-order valence-corrected chi connectivity index (χ2v) is 4.20. The Labute approximate surface area is 113 Å². The lowest BCUT2D eigenvalue weighted by Gasteiger charge is -2.13. The molecule has 1 amide bonds. The van der Waals surface area contributed by atoms with Crippen molar-refractivity contribution in [3.8, 4) is 11.3 Å². The van der Waals surface area contributed by atoms with E-state index in [9.17, 15) is 9.59 Å². The number of hydrogen-bond donors (Lipinski definition) is 1. The van der Waals surface area contributed by atoms with Gasteiger partial charge in [0.15, 0.2) is 11.5 Å². The Morgan fingerprint density at radius 3 is 2.60 bits per heavy atom. The minimum atomic E-state index is -1.15. The third kappa shape index (κ3) is 2.14. The van der Waals surface area contributed by atoms with Crippen molar-refractivity contribution in [3.63, 3.8) is 0 Å². The molecule has 1 saturated heterocycles. The molecule has 1 N–H and O–H groups in total. The monoisotopic (exact) mass is 274 g/mol. The number of rotatable bonds is 3. The topological polar surface area (TPSA) is 92.9 Å². The number of amides is 1. The maximum absolute atomic E-state index is 11.5. The Morgan fingerprint density at radius 2 is 2.05 bits per heavy atom. The second kappa shape index (κ2) is 4.78. The SMILES string of the molecule is O=C(O)c1cc(-c2ccc(N3OCCC3=O)cc2)on1. The van der Waals surface area contributed by atoms with Crippen LogP contribution in [0.15, 0.2) is 34.9 Å². The molecular formula is C13H10N2O5. The molecule has 7 nitrogen and oxygen atoms in total. The number of carboxylic acid groups (broad SMARTS) is 1. The van der Waals surface area contributed by atoms with Crippen molar-refractivity contribution < 1.29 is 24.1 Å². The quantitative estimate of drug-likeness (QED) is 0.915. The zero-order chi connectivity index (χ0) is 14.1. The Morgan fingerprint density at radius 1 is 1.30 bits per heavy atom. The lowest BCUT2D eigenvalue weighted by atomic mass is 10.1. The van der Waals surface area contributed by atoms with E-state index in [1.54, 1.807) is 24.3 Å². The van der Waals surface area contributed by atoms with Gasteiger partial charge in [0.05, 0.1) is 18.7 Å². The molecular weight excluding hydrogens is 264 g/mol. The average Bonchev–Trinajstić information content (AvgIpc) is 3.07. The van der Waals surface area contributed by atoms with Crippen LogP contribution in [-0.2, 0) is 9.63 Å². The molecule has 2 aromatic rings. The zero-order valence-electron chi connectivity index (χ0n) is 10.3.